The maximum absolute atomic E-state index is 11.8. The molecule has 1 aliphatic rings. The van der Waals surface area contributed by atoms with Gasteiger partial charge in [-0.1, -0.05) is 11.6 Å². The topological polar surface area (TPSA) is 84.3 Å². The van der Waals surface area contributed by atoms with Crippen LogP contribution >= 0.6 is 11.6 Å². The maximum atomic E-state index is 11.8. The fraction of sp³-hybridized carbons (Fsp3) is 0.364. The van der Waals surface area contributed by atoms with Crippen LogP contribution in [0.4, 0.5) is 11.4 Å². The number of hydrogen-bond acceptors (Lipinski definition) is 4. The van der Waals surface area contributed by atoms with Gasteiger partial charge in [0, 0.05) is 18.3 Å². The number of halogens is 1. The van der Waals surface area contributed by atoms with E-state index < -0.39 is 4.92 Å². The number of amides is 1. The van der Waals surface area contributed by atoms with E-state index in [4.69, 9.17) is 11.6 Å². The van der Waals surface area contributed by atoms with Gasteiger partial charge in [0.05, 0.1) is 10.8 Å². The first-order valence-corrected chi connectivity index (χ1v) is 5.91. The molecule has 1 aromatic rings. The van der Waals surface area contributed by atoms with Crippen molar-refractivity contribution in [2.45, 2.75) is 6.42 Å². The molecule has 0 aliphatic carbocycles. The summed E-state index contributed by atoms with van der Waals surface area (Å²) in [6.07, 6.45) is 0.779. The van der Waals surface area contributed by atoms with Gasteiger partial charge in [0.2, 0.25) is 5.91 Å². The Bertz CT molecular complexity index is 486. The Balaban J connectivity index is 2.11. The molecular weight excluding hydrogens is 258 g/mol. The fourth-order valence-electron chi connectivity index (χ4n) is 1.85. The molecule has 96 valence electrons. The highest BCUT2D eigenvalue weighted by Crippen LogP contribution is 2.27. The van der Waals surface area contributed by atoms with E-state index in [1.165, 1.54) is 12.1 Å². The fourth-order valence-corrected chi connectivity index (χ4v) is 2.04. The third-order valence-electron chi connectivity index (χ3n) is 2.84. The summed E-state index contributed by atoms with van der Waals surface area (Å²) in [6, 6.07) is 4.22. The van der Waals surface area contributed by atoms with Crippen molar-refractivity contribution in [1.82, 2.24) is 5.32 Å². The van der Waals surface area contributed by atoms with Crippen LogP contribution < -0.4 is 10.6 Å². The predicted octanol–water partition coefficient (Wildman–Crippen LogP) is 1.80. The molecule has 1 unspecified atom stereocenters. The average molecular weight is 270 g/mol. The van der Waals surface area contributed by atoms with Crippen molar-refractivity contribution in [1.29, 1.82) is 0 Å². The van der Waals surface area contributed by atoms with Crippen molar-refractivity contribution in [3.8, 4) is 0 Å². The average Bonchev–Trinajstić information content (AvgIpc) is 2.85. The standard InChI is InChI=1S/C11H12ClN3O3/c12-9-2-1-8(5-10(9)15(17)18)14-11(16)7-3-4-13-6-7/h1-2,5,7,13H,3-4,6H2,(H,14,16). The SMILES string of the molecule is O=C(Nc1ccc(Cl)c([N+](=O)[O-])c1)C1CCNC1. The zero-order valence-corrected chi connectivity index (χ0v) is 10.2. The number of benzene rings is 1. The molecule has 0 saturated carbocycles. The lowest BCUT2D eigenvalue weighted by Gasteiger charge is -2.09. The van der Waals surface area contributed by atoms with Gasteiger partial charge in [-0.05, 0) is 25.1 Å². The molecule has 2 N–H and O–H groups in total. The number of anilines is 1. The quantitative estimate of drug-likeness (QED) is 0.647. The number of carbonyl (C=O) groups is 1. The summed E-state index contributed by atoms with van der Waals surface area (Å²) in [7, 11) is 0. The smallest absolute Gasteiger partial charge is 0.289 e. The lowest BCUT2D eigenvalue weighted by molar-refractivity contribution is -0.384. The van der Waals surface area contributed by atoms with Gasteiger partial charge in [-0.3, -0.25) is 14.9 Å². The summed E-state index contributed by atoms with van der Waals surface area (Å²) in [5.74, 6) is -0.212. The van der Waals surface area contributed by atoms with Crippen LogP contribution in [0.15, 0.2) is 18.2 Å². The van der Waals surface area contributed by atoms with Gasteiger partial charge in [0.15, 0.2) is 0 Å². The summed E-state index contributed by atoms with van der Waals surface area (Å²) in [5.41, 5.74) is 0.182. The highest BCUT2D eigenvalue weighted by Gasteiger charge is 2.23. The van der Waals surface area contributed by atoms with Crippen molar-refractivity contribution < 1.29 is 9.72 Å². The Kier molecular flexibility index (Phi) is 3.78. The number of nitro benzene ring substituents is 1. The van der Waals surface area contributed by atoms with E-state index in [1.54, 1.807) is 6.07 Å². The molecule has 18 heavy (non-hydrogen) atoms. The summed E-state index contributed by atoms with van der Waals surface area (Å²) < 4.78 is 0. The molecule has 1 saturated heterocycles. The van der Waals surface area contributed by atoms with E-state index in [1.807, 2.05) is 0 Å². The molecule has 1 heterocycles. The lowest BCUT2D eigenvalue weighted by Crippen LogP contribution is -2.24. The van der Waals surface area contributed by atoms with E-state index in [0.29, 0.717) is 12.2 Å². The molecule has 0 bridgehead atoms. The number of carbonyl (C=O) groups excluding carboxylic acids is 1. The Morgan fingerprint density at radius 1 is 1.56 bits per heavy atom. The van der Waals surface area contributed by atoms with E-state index in [2.05, 4.69) is 10.6 Å². The molecule has 1 fully saturated rings. The van der Waals surface area contributed by atoms with Gasteiger partial charge in [-0.15, -0.1) is 0 Å². The first-order chi connectivity index (χ1) is 8.58. The van der Waals surface area contributed by atoms with Crippen LogP contribution in [0.1, 0.15) is 6.42 Å². The Hall–Kier alpha value is -1.66. The van der Waals surface area contributed by atoms with Gasteiger partial charge in [0.25, 0.3) is 5.69 Å². The molecule has 6 nitrogen and oxygen atoms in total. The van der Waals surface area contributed by atoms with Crippen LogP contribution in [0.2, 0.25) is 5.02 Å². The Labute approximate surface area is 108 Å². The maximum Gasteiger partial charge on any atom is 0.289 e. The second-order valence-corrected chi connectivity index (χ2v) is 4.51. The van der Waals surface area contributed by atoms with Crippen molar-refractivity contribution in [3.63, 3.8) is 0 Å². The van der Waals surface area contributed by atoms with E-state index in [9.17, 15) is 14.9 Å². The van der Waals surface area contributed by atoms with Crippen LogP contribution in [0.3, 0.4) is 0 Å². The van der Waals surface area contributed by atoms with Crippen molar-refractivity contribution in [2.24, 2.45) is 5.92 Å². The largest absolute Gasteiger partial charge is 0.326 e. The summed E-state index contributed by atoms with van der Waals surface area (Å²) in [6.45, 7) is 1.46. The lowest BCUT2D eigenvalue weighted by atomic mass is 10.1. The van der Waals surface area contributed by atoms with Crippen molar-refractivity contribution in [3.05, 3.63) is 33.3 Å². The van der Waals surface area contributed by atoms with E-state index >= 15 is 0 Å². The number of nitrogens with zero attached hydrogens (tertiary/aromatic N) is 1. The van der Waals surface area contributed by atoms with Crippen LogP contribution in [0.25, 0.3) is 0 Å². The third kappa shape index (κ3) is 2.77. The van der Waals surface area contributed by atoms with Gasteiger partial charge in [-0.2, -0.15) is 0 Å². The van der Waals surface area contributed by atoms with E-state index in [-0.39, 0.29) is 22.5 Å². The highest BCUT2D eigenvalue weighted by molar-refractivity contribution is 6.32. The number of nitrogens with one attached hydrogen (secondary N) is 2. The van der Waals surface area contributed by atoms with Gasteiger partial charge < -0.3 is 10.6 Å². The molecule has 2 rings (SSSR count). The summed E-state index contributed by atoms with van der Waals surface area (Å²) in [4.78, 5) is 22.0. The Morgan fingerprint density at radius 2 is 2.33 bits per heavy atom. The second-order valence-electron chi connectivity index (χ2n) is 4.10. The number of rotatable bonds is 3. The minimum Gasteiger partial charge on any atom is -0.326 e. The minimum atomic E-state index is -0.574. The highest BCUT2D eigenvalue weighted by atomic mass is 35.5. The normalized spacial score (nSPS) is 18.6. The zero-order chi connectivity index (χ0) is 13.1. The third-order valence-corrected chi connectivity index (χ3v) is 3.16. The molecule has 1 aromatic carbocycles. The second kappa shape index (κ2) is 5.32. The molecule has 7 heteroatoms. The molecule has 1 atom stereocenters. The van der Waals surface area contributed by atoms with Crippen LogP contribution in [0, 0.1) is 16.0 Å². The Morgan fingerprint density at radius 3 is 2.94 bits per heavy atom. The number of nitro groups is 1. The van der Waals surface area contributed by atoms with Gasteiger partial charge in [-0.25, -0.2) is 0 Å². The number of hydrogen-bond donors (Lipinski definition) is 2. The summed E-state index contributed by atoms with van der Waals surface area (Å²) in [5, 5.41) is 16.5. The van der Waals surface area contributed by atoms with Crippen molar-refractivity contribution in [2.75, 3.05) is 18.4 Å². The minimum absolute atomic E-state index is 0.0560. The molecule has 0 aromatic heterocycles. The first kappa shape index (κ1) is 12.8. The van der Waals surface area contributed by atoms with Crippen LogP contribution in [-0.2, 0) is 4.79 Å². The monoisotopic (exact) mass is 269 g/mol. The molecule has 0 spiro atoms. The van der Waals surface area contributed by atoms with E-state index in [0.717, 1.165) is 13.0 Å². The van der Waals surface area contributed by atoms with Gasteiger partial charge >= 0.3 is 0 Å². The molecule has 0 radical (unpaired) electrons. The first-order valence-electron chi connectivity index (χ1n) is 5.53. The molecular formula is C11H12ClN3O3. The molecule has 1 amide bonds. The summed E-state index contributed by atoms with van der Waals surface area (Å²) >= 11 is 5.69. The van der Waals surface area contributed by atoms with Crippen LogP contribution in [-0.4, -0.2) is 23.9 Å². The zero-order valence-electron chi connectivity index (χ0n) is 9.48. The van der Waals surface area contributed by atoms with Crippen molar-refractivity contribution >= 4 is 28.9 Å². The predicted molar refractivity (Wildman–Crippen MR) is 67.7 cm³/mol. The van der Waals surface area contributed by atoms with Gasteiger partial charge in [0.1, 0.15) is 5.02 Å². The molecule has 1 aliphatic heterocycles. The van der Waals surface area contributed by atoms with Crippen LogP contribution in [0.5, 0.6) is 0 Å².